The van der Waals surface area contributed by atoms with Crippen molar-refractivity contribution in [1.82, 2.24) is 14.1 Å². The third-order valence-electron chi connectivity index (χ3n) is 12.1. The van der Waals surface area contributed by atoms with Gasteiger partial charge in [-0.3, -0.25) is 4.57 Å². The Morgan fingerprint density at radius 1 is 0.588 bits per heavy atom. The van der Waals surface area contributed by atoms with Gasteiger partial charge in [0.05, 0.1) is 30.4 Å². The smallest absolute Gasteiger partial charge is 0.268 e. The van der Waals surface area contributed by atoms with E-state index in [-0.39, 0.29) is 59.8 Å². The number of nitrogens with zero attached hydrogens (tertiary/aromatic N) is 4. The maximum Gasteiger partial charge on any atom is 0.268 e. The van der Waals surface area contributed by atoms with Gasteiger partial charge in [0.1, 0.15) is 5.82 Å². The number of ether oxygens (including phenoxy) is 1. The monoisotopic (exact) mass is 1070 g/mol. The van der Waals surface area contributed by atoms with Crippen molar-refractivity contribution in [3.05, 3.63) is 224 Å². The van der Waals surface area contributed by atoms with E-state index in [0.717, 1.165) is 49.9 Å². The van der Waals surface area contributed by atoms with E-state index in [1.807, 2.05) is 83.6 Å². The summed E-state index contributed by atoms with van der Waals surface area (Å²) in [6, 6.07) is 42.1. The van der Waals surface area contributed by atoms with Crippen LogP contribution >= 0.6 is 0 Å². The summed E-state index contributed by atoms with van der Waals surface area (Å²) in [6.45, 7) is 12.9. The fraction of sp³-hybridized carbons (Fsp3) is 0.129. The van der Waals surface area contributed by atoms with Crippen LogP contribution in [0.5, 0.6) is 11.5 Å². The minimum absolute atomic E-state index is 0. The Kier molecular flexibility index (Phi) is 8.87. The van der Waals surface area contributed by atoms with E-state index in [1.165, 1.54) is 0 Å². The normalized spacial score (nSPS) is 13.9. The Morgan fingerprint density at radius 2 is 1.22 bits per heavy atom. The van der Waals surface area contributed by atoms with Crippen LogP contribution in [0.1, 0.15) is 66.4 Å². The largest absolute Gasteiger partial charge is 0.510 e. The zero-order valence-electron chi connectivity index (χ0n) is 48.2. The summed E-state index contributed by atoms with van der Waals surface area (Å²) in [5.41, 5.74) is 6.98. The number of aromatic nitrogens is 4. The van der Waals surface area contributed by atoms with Gasteiger partial charge in [0.2, 0.25) is 0 Å². The molecular formula is C62H50N4OPt-2. The minimum Gasteiger partial charge on any atom is -0.510 e. The van der Waals surface area contributed by atoms with Gasteiger partial charge in [0.25, 0.3) is 6.33 Å². The molecular weight excluding hydrogens is 1010 g/mol. The van der Waals surface area contributed by atoms with Crippen LogP contribution in [-0.4, -0.2) is 14.1 Å². The Hall–Kier alpha value is -7.33. The number of hydrogen-bond donors (Lipinski definition) is 0. The molecule has 0 fully saturated rings. The Balaban J connectivity index is 0.00000688. The molecule has 0 N–H and O–H groups in total. The molecule has 6 heteroatoms. The topological polar surface area (TPSA) is 35.9 Å². The predicted molar refractivity (Wildman–Crippen MR) is 274 cm³/mol. The maximum atomic E-state index is 9.21. The third kappa shape index (κ3) is 8.05. The first-order valence-corrected chi connectivity index (χ1v) is 22.1. The average molecular weight is 1070 g/mol. The van der Waals surface area contributed by atoms with E-state index in [4.69, 9.17) is 17.9 Å². The van der Waals surface area contributed by atoms with Crippen LogP contribution in [0.3, 0.4) is 0 Å². The molecule has 3 heterocycles. The predicted octanol–water partition coefficient (Wildman–Crippen LogP) is 15.2. The van der Waals surface area contributed by atoms with Crippen LogP contribution in [0.25, 0.3) is 83.4 Å². The molecule has 0 unspecified atom stereocenters. The molecule has 0 aliphatic heterocycles. The van der Waals surface area contributed by atoms with Gasteiger partial charge >= 0.3 is 0 Å². The second kappa shape index (κ2) is 17.7. The van der Waals surface area contributed by atoms with Crippen molar-refractivity contribution in [1.29, 1.82) is 0 Å². The van der Waals surface area contributed by atoms with E-state index in [1.54, 1.807) is 28.8 Å². The van der Waals surface area contributed by atoms with Crippen molar-refractivity contribution in [3.8, 4) is 62.1 Å². The van der Waals surface area contributed by atoms with Gasteiger partial charge in [-0.2, -0.15) is 18.2 Å². The molecule has 5 nitrogen and oxygen atoms in total. The average Bonchev–Trinajstić information content (AvgIpc) is 4.00. The van der Waals surface area contributed by atoms with Crippen molar-refractivity contribution in [2.45, 2.75) is 52.4 Å². The molecule has 0 amide bonds. The number of benzene rings is 8. The molecule has 11 rings (SSSR count). The standard InChI is InChI=1S/C62H50N4O.Pt/c1-61(2,3)44-36-37-63-58(38-44)66-55-32-16-14-27-51(55)52-35-34-47(40-57(52)66)67-46-25-17-24-45(39-46)64-41-65(56-33-19-30-53(60(56)64)50-26-13-15-31-54(50)62(4,5)6)59-48(42-20-9-7-10-21-42)28-18-29-49(59)43-22-11-8-12-23-43;/h7-38H,1-6H3;/q-2;/i7D,8D,9D,10D,11D,12D,20D,21D,22D,23D;. The van der Waals surface area contributed by atoms with Gasteiger partial charge in [-0.1, -0.05) is 186 Å². The van der Waals surface area contributed by atoms with Crippen LogP contribution in [-0.2, 0) is 31.9 Å². The first-order valence-electron chi connectivity index (χ1n) is 27.1. The summed E-state index contributed by atoms with van der Waals surface area (Å²) in [7, 11) is 0. The summed E-state index contributed by atoms with van der Waals surface area (Å²) in [4.78, 5) is 4.84. The van der Waals surface area contributed by atoms with Gasteiger partial charge < -0.3 is 13.9 Å². The summed E-state index contributed by atoms with van der Waals surface area (Å²) in [5.74, 6) is 1.52. The van der Waals surface area contributed by atoms with Crippen LogP contribution < -0.4 is 9.30 Å². The fourth-order valence-corrected chi connectivity index (χ4v) is 8.97. The SMILES string of the molecule is [2H]c1c([2H])c([2H])c(-c2cccc(-c3c([2H])c([2H])c([2H])c([2H])c3[2H])c2-[n+]2[c-]n(-c3[c-]c(Oc4[c-]c5c(cc4)c4ccccc4n5-c4cc(C(C)(C)C)ccn4)ccc3)c3c(-c4ccccc4C(C)(C)C)cccc32)c([2H])c1[2H].[Pt]. The van der Waals surface area contributed by atoms with Crippen LogP contribution in [0.15, 0.2) is 194 Å². The molecule has 0 radical (unpaired) electrons. The molecule has 0 atom stereocenters. The van der Waals surface area contributed by atoms with E-state index in [2.05, 4.69) is 94.9 Å². The number of imidazole rings is 1. The third-order valence-corrected chi connectivity index (χ3v) is 12.1. The number of fused-ring (bicyclic) bond motifs is 4. The number of hydrogen-bond acceptors (Lipinski definition) is 2. The van der Waals surface area contributed by atoms with Crippen molar-refractivity contribution in [2.24, 2.45) is 0 Å². The fourth-order valence-electron chi connectivity index (χ4n) is 8.97. The minimum atomic E-state index is -0.578. The molecule has 0 aliphatic rings. The molecule has 68 heavy (non-hydrogen) atoms. The molecule has 0 aliphatic carbocycles. The zero-order valence-corrected chi connectivity index (χ0v) is 40.5. The number of rotatable bonds is 8. The molecule has 0 spiro atoms. The molecule has 11 aromatic rings. The summed E-state index contributed by atoms with van der Waals surface area (Å²) in [5, 5.41) is 2.01. The molecule has 0 saturated heterocycles. The van der Waals surface area contributed by atoms with Gasteiger partial charge in [-0.05, 0) is 84.6 Å². The Bertz CT molecular complexity index is 4100. The van der Waals surface area contributed by atoms with Crippen LogP contribution in [0.2, 0.25) is 0 Å². The Morgan fingerprint density at radius 3 is 1.94 bits per heavy atom. The first kappa shape index (κ1) is 34.0. The van der Waals surface area contributed by atoms with Crippen molar-refractivity contribution in [3.63, 3.8) is 0 Å². The summed E-state index contributed by atoms with van der Waals surface area (Å²) >= 11 is 0. The molecule has 336 valence electrons. The maximum absolute atomic E-state index is 9.21. The Labute approximate surface area is 427 Å². The van der Waals surface area contributed by atoms with Crippen molar-refractivity contribution >= 4 is 32.8 Å². The number of para-hydroxylation sites is 3. The van der Waals surface area contributed by atoms with Crippen LogP contribution in [0, 0.1) is 18.5 Å². The first-order chi connectivity index (χ1) is 36.6. The van der Waals surface area contributed by atoms with E-state index < -0.39 is 60.4 Å². The van der Waals surface area contributed by atoms with Gasteiger partial charge in [-0.15, -0.1) is 29.7 Å². The number of pyridine rings is 1. The summed E-state index contributed by atoms with van der Waals surface area (Å²) in [6.07, 6.45) is 5.40. The van der Waals surface area contributed by atoms with Crippen molar-refractivity contribution in [2.75, 3.05) is 0 Å². The molecule has 0 bridgehead atoms. The second-order valence-corrected chi connectivity index (χ2v) is 18.5. The van der Waals surface area contributed by atoms with Gasteiger partial charge in [-0.25, -0.2) is 4.98 Å². The molecule has 3 aromatic heterocycles. The molecule has 8 aromatic carbocycles. The van der Waals surface area contributed by atoms with Crippen molar-refractivity contribution < 1.29 is 44.1 Å². The van der Waals surface area contributed by atoms with E-state index >= 15 is 0 Å². The van der Waals surface area contributed by atoms with E-state index in [9.17, 15) is 5.48 Å². The summed E-state index contributed by atoms with van der Waals surface area (Å²) < 4.78 is 101. The quantitative estimate of drug-likeness (QED) is 0.112. The van der Waals surface area contributed by atoms with E-state index in [0.29, 0.717) is 28.2 Å². The second-order valence-electron chi connectivity index (χ2n) is 18.5. The van der Waals surface area contributed by atoms with Gasteiger partial charge in [0, 0.05) is 44.3 Å². The molecule has 0 saturated carbocycles. The van der Waals surface area contributed by atoms with Gasteiger partial charge in [0.15, 0.2) is 0 Å². The van der Waals surface area contributed by atoms with Crippen LogP contribution in [0.4, 0.5) is 0 Å². The zero-order chi connectivity index (χ0) is 54.6.